The van der Waals surface area contributed by atoms with Crippen molar-refractivity contribution in [1.82, 2.24) is 4.98 Å². The smallest absolute Gasteiger partial charge is 0.386 e. The number of hydrogen-bond donors (Lipinski definition) is 2. The van der Waals surface area contributed by atoms with Crippen LogP contribution in [-0.4, -0.2) is 26.4 Å². The van der Waals surface area contributed by atoms with E-state index in [-0.39, 0.29) is 12.1 Å². The second kappa shape index (κ2) is 9.76. The van der Waals surface area contributed by atoms with Gasteiger partial charge in [-0.05, 0) is 62.8 Å². The lowest BCUT2D eigenvalue weighted by Crippen LogP contribution is -2.30. The second-order valence-electron chi connectivity index (χ2n) is 10.5. The van der Waals surface area contributed by atoms with Crippen LogP contribution in [0.2, 0.25) is 0 Å². The molecule has 36 heavy (non-hydrogen) atoms. The normalized spacial score (nSPS) is 18.1. The van der Waals surface area contributed by atoms with Crippen LogP contribution in [0.4, 0.5) is 18.9 Å². The van der Waals surface area contributed by atoms with Crippen LogP contribution in [-0.2, 0) is 23.0 Å². The molecule has 0 bridgehead atoms. The third kappa shape index (κ3) is 5.83. The number of benzene rings is 1. The maximum absolute atomic E-state index is 13.0. The van der Waals surface area contributed by atoms with E-state index in [0.29, 0.717) is 28.4 Å². The lowest BCUT2D eigenvalue weighted by atomic mass is 9.81. The fraction of sp³-hybridized carbons (Fsp3) is 0.481. The van der Waals surface area contributed by atoms with Gasteiger partial charge in [0.25, 0.3) is 0 Å². The zero-order valence-corrected chi connectivity index (χ0v) is 21.0. The van der Waals surface area contributed by atoms with Crippen molar-refractivity contribution in [2.45, 2.75) is 71.6 Å². The molecule has 0 spiro atoms. The van der Waals surface area contributed by atoms with Gasteiger partial charge in [-0.1, -0.05) is 24.6 Å². The molecule has 2 aliphatic rings. The molecule has 0 atom stereocenters. The number of carbonyl (C=O) groups excluding carboxylic acids is 1. The molecule has 2 heterocycles. The Kier molecular flexibility index (Phi) is 7.05. The van der Waals surface area contributed by atoms with Gasteiger partial charge in [0.05, 0.1) is 22.9 Å². The molecule has 0 radical (unpaired) electrons. The quantitative estimate of drug-likeness (QED) is 0.606. The molecule has 6 nitrogen and oxygen atoms in total. The Bertz CT molecular complexity index is 1310. The summed E-state index contributed by atoms with van der Waals surface area (Å²) < 4.78 is 40.8. The van der Waals surface area contributed by atoms with Crippen molar-refractivity contribution >= 4 is 23.5 Å². The number of aromatic nitrogens is 1. The highest BCUT2D eigenvalue weighted by molar-refractivity contribution is 5.93. The van der Waals surface area contributed by atoms with Crippen LogP contribution in [0.1, 0.15) is 70.3 Å². The molecule has 4 rings (SSSR count). The maximum Gasteiger partial charge on any atom is 0.433 e. The minimum Gasteiger partial charge on any atom is -0.386 e. The Morgan fingerprint density at radius 3 is 2.50 bits per heavy atom. The average Bonchev–Trinajstić information content (AvgIpc) is 3.20. The first-order valence-corrected chi connectivity index (χ1v) is 12.3. The van der Waals surface area contributed by atoms with E-state index >= 15 is 0 Å². The first-order valence-electron chi connectivity index (χ1n) is 12.3. The molecular weight excluding hydrogens is 469 g/mol. The zero-order chi connectivity index (χ0) is 26.3. The number of rotatable bonds is 5. The monoisotopic (exact) mass is 501 g/mol. The van der Waals surface area contributed by atoms with Gasteiger partial charge >= 0.3 is 6.18 Å². The predicted molar refractivity (Wildman–Crippen MR) is 131 cm³/mol. The number of carbonyl (C=O) groups is 1. The lowest BCUT2D eigenvalue weighted by Gasteiger charge is -2.24. The number of nitrogens with one attached hydrogen (secondary N) is 1. The molecule has 192 valence electrons. The maximum atomic E-state index is 13.0. The van der Waals surface area contributed by atoms with Crippen molar-refractivity contribution in [3.63, 3.8) is 0 Å². The Morgan fingerprint density at radius 1 is 1.19 bits per heavy atom. The van der Waals surface area contributed by atoms with Crippen molar-refractivity contribution in [2.75, 3.05) is 5.32 Å². The Labute approximate surface area is 208 Å². The molecule has 2 N–H and O–H groups in total. The minimum absolute atomic E-state index is 0.00873. The highest BCUT2D eigenvalue weighted by atomic mass is 19.4. The molecule has 0 unspecified atom stereocenters. The van der Waals surface area contributed by atoms with Crippen LogP contribution in [0.5, 0.6) is 0 Å². The highest BCUT2D eigenvalue weighted by Gasteiger charge is 2.33. The average molecular weight is 502 g/mol. The van der Waals surface area contributed by atoms with Crippen LogP contribution >= 0.6 is 0 Å². The summed E-state index contributed by atoms with van der Waals surface area (Å²) in [7, 11) is 0. The van der Waals surface area contributed by atoms with Gasteiger partial charge in [0.15, 0.2) is 5.71 Å². The number of aliphatic hydroxyl groups is 1. The van der Waals surface area contributed by atoms with E-state index in [2.05, 4.69) is 24.1 Å². The summed E-state index contributed by atoms with van der Waals surface area (Å²) in [6.07, 6.45) is 1.22. The van der Waals surface area contributed by atoms with E-state index in [4.69, 9.17) is 5.10 Å². The second-order valence-corrected chi connectivity index (χ2v) is 10.5. The number of amides is 1. The van der Waals surface area contributed by atoms with Crippen molar-refractivity contribution in [2.24, 2.45) is 16.9 Å². The van der Waals surface area contributed by atoms with Gasteiger partial charge in [-0.3, -0.25) is 4.79 Å². The van der Waals surface area contributed by atoms with E-state index in [9.17, 15) is 23.1 Å². The topological polar surface area (TPSA) is 77.6 Å². The number of nitrogens with zero attached hydrogens (tertiary/aromatic N) is 3. The third-order valence-corrected chi connectivity index (χ3v) is 6.89. The molecule has 1 aromatic heterocycles. The molecule has 1 saturated carbocycles. The standard InChI is InChI=1S/C27H31F3N4O2/c1-16(2)17-8-10-20(11-9-17)34-15-18-12-23(21(26(3,4)36)14-22(18)33-34)32-25(35)13-19-6-5-7-24(31-19)27(28,29)30/h5-7,12,14-17,36H,8-11,13H2,1-4H3/p+1. The summed E-state index contributed by atoms with van der Waals surface area (Å²) in [5.41, 5.74) is -0.209. The molecule has 2 aromatic rings. The minimum atomic E-state index is -4.59. The summed E-state index contributed by atoms with van der Waals surface area (Å²) in [6, 6.07) is 6.98. The van der Waals surface area contributed by atoms with E-state index in [1.165, 1.54) is 17.8 Å². The molecule has 1 aromatic carbocycles. The molecule has 1 aliphatic carbocycles. The fourth-order valence-corrected chi connectivity index (χ4v) is 4.81. The zero-order valence-electron chi connectivity index (χ0n) is 21.0. The van der Waals surface area contributed by atoms with Crippen molar-refractivity contribution in [1.29, 1.82) is 0 Å². The molecule has 1 aliphatic heterocycles. The summed E-state index contributed by atoms with van der Waals surface area (Å²) in [4.78, 5) is 16.3. The molecule has 9 heteroatoms. The number of hydrogen-bond acceptors (Lipinski definition) is 4. The SMILES string of the molecule is CC(C)C1CCC(=[N+]2C=c3cc(NC(=O)Cc4cccc(C(F)(F)F)n4)c(C(C)(C)O)cc3=N2)CC1. The van der Waals surface area contributed by atoms with E-state index in [1.54, 1.807) is 26.0 Å². The molecular formula is C27H32F3N4O2+. The van der Waals surface area contributed by atoms with Gasteiger partial charge in [0.2, 0.25) is 12.1 Å². The van der Waals surface area contributed by atoms with Crippen molar-refractivity contribution in [3.05, 3.63) is 57.9 Å². The Morgan fingerprint density at radius 2 is 1.89 bits per heavy atom. The van der Waals surface area contributed by atoms with Gasteiger partial charge in [0.1, 0.15) is 11.1 Å². The van der Waals surface area contributed by atoms with E-state index < -0.39 is 23.4 Å². The highest BCUT2D eigenvalue weighted by Crippen LogP contribution is 2.30. The Balaban J connectivity index is 1.60. The Hall–Kier alpha value is -3.07. The van der Waals surface area contributed by atoms with Crippen LogP contribution in [0.15, 0.2) is 35.4 Å². The van der Waals surface area contributed by atoms with Crippen LogP contribution in [0.3, 0.4) is 0 Å². The summed E-state index contributed by atoms with van der Waals surface area (Å²) in [5, 5.41) is 19.8. The predicted octanol–water partition coefficient (Wildman–Crippen LogP) is 4.09. The largest absolute Gasteiger partial charge is 0.433 e. The fourth-order valence-electron chi connectivity index (χ4n) is 4.81. The van der Waals surface area contributed by atoms with Gasteiger partial charge < -0.3 is 10.4 Å². The summed E-state index contributed by atoms with van der Waals surface area (Å²) in [6.45, 7) is 7.73. The number of anilines is 1. The first kappa shape index (κ1) is 26.0. The molecule has 0 saturated heterocycles. The molecule has 1 fully saturated rings. The van der Waals surface area contributed by atoms with Crippen LogP contribution < -0.4 is 15.9 Å². The summed E-state index contributed by atoms with van der Waals surface area (Å²) >= 11 is 0. The van der Waals surface area contributed by atoms with E-state index in [0.717, 1.165) is 37.0 Å². The van der Waals surface area contributed by atoms with E-state index in [1.807, 2.05) is 10.9 Å². The van der Waals surface area contributed by atoms with Gasteiger partial charge in [0, 0.05) is 29.2 Å². The van der Waals surface area contributed by atoms with Crippen molar-refractivity contribution < 1.29 is 27.8 Å². The van der Waals surface area contributed by atoms with Crippen LogP contribution in [0, 0.1) is 11.8 Å². The van der Waals surface area contributed by atoms with Gasteiger partial charge in [-0.15, -0.1) is 0 Å². The third-order valence-electron chi connectivity index (χ3n) is 6.89. The van der Waals surface area contributed by atoms with Gasteiger partial charge in [-0.25, -0.2) is 4.98 Å². The number of fused-ring (bicyclic) bond motifs is 1. The summed E-state index contributed by atoms with van der Waals surface area (Å²) in [5.74, 6) is 0.851. The molecule has 1 amide bonds. The van der Waals surface area contributed by atoms with Crippen molar-refractivity contribution in [3.8, 4) is 0 Å². The van der Waals surface area contributed by atoms with Crippen LogP contribution in [0.25, 0.3) is 6.20 Å². The van der Waals surface area contributed by atoms with Gasteiger partial charge in [-0.2, -0.15) is 13.2 Å². The number of halogens is 3. The lowest BCUT2D eigenvalue weighted by molar-refractivity contribution is -0.430. The number of pyridine rings is 1. The first-order chi connectivity index (χ1) is 16.8. The number of alkyl halides is 3.